The molecule has 0 aliphatic carbocycles. The van der Waals surface area contributed by atoms with Crippen LogP contribution >= 0.6 is 0 Å². The summed E-state index contributed by atoms with van der Waals surface area (Å²) in [6.07, 6.45) is 1.95. The number of carbonyl (C=O) groups is 1. The Morgan fingerprint density at radius 3 is 2.70 bits per heavy atom. The van der Waals surface area contributed by atoms with Crippen LogP contribution in [0.2, 0.25) is 0 Å². The number of carbonyl (C=O) groups excluding carboxylic acids is 1. The van der Waals surface area contributed by atoms with E-state index in [9.17, 15) is 4.79 Å². The fourth-order valence-electron chi connectivity index (χ4n) is 4.07. The van der Waals surface area contributed by atoms with Gasteiger partial charge in [0.25, 0.3) is 5.91 Å². The Kier molecular flexibility index (Phi) is 4.36. The average Bonchev–Trinajstić information content (AvgIpc) is 3.16. The first-order valence-electron chi connectivity index (χ1n) is 10.1. The largest absolute Gasteiger partial charge is 0.384 e. The lowest BCUT2D eigenvalue weighted by Gasteiger charge is -2.07. The zero-order valence-corrected chi connectivity index (χ0v) is 16.7. The third-order valence-electron chi connectivity index (χ3n) is 5.59. The zero-order chi connectivity index (χ0) is 20.7. The number of fused-ring (bicyclic) bond motifs is 4. The molecular formula is C25H22N4O. The molecule has 1 amide bonds. The van der Waals surface area contributed by atoms with Crippen LogP contribution in [0.15, 0.2) is 72.9 Å². The number of rotatable bonds is 4. The molecule has 30 heavy (non-hydrogen) atoms. The molecule has 0 aliphatic rings. The summed E-state index contributed by atoms with van der Waals surface area (Å²) in [4.78, 5) is 17.5. The van der Waals surface area contributed by atoms with Crippen molar-refractivity contribution >= 4 is 44.3 Å². The van der Waals surface area contributed by atoms with E-state index in [0.29, 0.717) is 17.9 Å². The Hall–Kier alpha value is -3.86. The Balaban J connectivity index is 1.50. The molecule has 0 saturated carbocycles. The van der Waals surface area contributed by atoms with E-state index in [1.165, 1.54) is 0 Å². The first-order valence-corrected chi connectivity index (χ1v) is 10.1. The van der Waals surface area contributed by atoms with Crippen molar-refractivity contribution in [3.05, 3.63) is 84.1 Å². The van der Waals surface area contributed by atoms with Gasteiger partial charge in [0.2, 0.25) is 0 Å². The Morgan fingerprint density at radius 1 is 1.03 bits per heavy atom. The highest BCUT2D eigenvalue weighted by Crippen LogP contribution is 2.30. The minimum Gasteiger partial charge on any atom is -0.384 e. The van der Waals surface area contributed by atoms with Gasteiger partial charge in [0.1, 0.15) is 5.82 Å². The van der Waals surface area contributed by atoms with Crippen molar-refractivity contribution in [2.75, 3.05) is 5.73 Å². The SMILES string of the molecule is CCn1cc(C(=O)NCc2ccc3ccc(N)nc3c2)c2c3ccccc3ccc21. The molecule has 0 radical (unpaired) electrons. The van der Waals surface area contributed by atoms with Gasteiger partial charge in [-0.15, -0.1) is 0 Å². The van der Waals surface area contributed by atoms with Crippen LogP contribution in [0.5, 0.6) is 0 Å². The van der Waals surface area contributed by atoms with E-state index in [2.05, 4.69) is 46.1 Å². The first kappa shape index (κ1) is 18.2. The summed E-state index contributed by atoms with van der Waals surface area (Å²) in [5, 5.41) is 7.33. The van der Waals surface area contributed by atoms with Crippen LogP contribution in [-0.4, -0.2) is 15.5 Å². The number of anilines is 1. The molecule has 5 rings (SSSR count). The van der Waals surface area contributed by atoms with Crippen LogP contribution in [0.4, 0.5) is 5.82 Å². The third-order valence-corrected chi connectivity index (χ3v) is 5.59. The van der Waals surface area contributed by atoms with Crippen LogP contribution in [0.25, 0.3) is 32.6 Å². The van der Waals surface area contributed by atoms with E-state index < -0.39 is 0 Å². The fourth-order valence-corrected chi connectivity index (χ4v) is 4.07. The van der Waals surface area contributed by atoms with Crippen molar-refractivity contribution in [1.29, 1.82) is 0 Å². The number of aryl methyl sites for hydroxylation is 1. The number of nitrogen functional groups attached to an aromatic ring is 1. The van der Waals surface area contributed by atoms with Crippen molar-refractivity contribution in [3.63, 3.8) is 0 Å². The van der Waals surface area contributed by atoms with Gasteiger partial charge in [-0.25, -0.2) is 4.98 Å². The standard InChI is InChI=1S/C25H22N4O/c1-2-29-15-20(24-19-6-4-3-5-17(19)9-11-22(24)29)25(30)27-14-16-7-8-18-10-12-23(26)28-21(18)13-16/h3-13,15H,2,14H2,1H3,(H2,26,28)(H,27,30). The quantitative estimate of drug-likeness (QED) is 0.456. The summed E-state index contributed by atoms with van der Waals surface area (Å²) >= 11 is 0. The van der Waals surface area contributed by atoms with Gasteiger partial charge in [0, 0.05) is 35.6 Å². The van der Waals surface area contributed by atoms with Crippen molar-refractivity contribution < 1.29 is 4.79 Å². The van der Waals surface area contributed by atoms with Gasteiger partial charge in [-0.3, -0.25) is 4.79 Å². The number of pyridine rings is 1. The number of hydrogen-bond donors (Lipinski definition) is 2. The highest BCUT2D eigenvalue weighted by atomic mass is 16.1. The maximum absolute atomic E-state index is 13.2. The second-order valence-electron chi connectivity index (χ2n) is 7.46. The van der Waals surface area contributed by atoms with Gasteiger partial charge >= 0.3 is 0 Å². The van der Waals surface area contributed by atoms with Crippen molar-refractivity contribution in [3.8, 4) is 0 Å². The van der Waals surface area contributed by atoms with E-state index in [1.807, 2.05) is 42.6 Å². The summed E-state index contributed by atoms with van der Waals surface area (Å²) in [7, 11) is 0. The average molecular weight is 394 g/mol. The number of amides is 1. The summed E-state index contributed by atoms with van der Waals surface area (Å²) in [6, 6.07) is 22.1. The maximum atomic E-state index is 13.2. The summed E-state index contributed by atoms with van der Waals surface area (Å²) in [5.74, 6) is 0.409. The molecule has 0 aliphatic heterocycles. The summed E-state index contributed by atoms with van der Waals surface area (Å²) < 4.78 is 2.12. The fraction of sp³-hybridized carbons (Fsp3) is 0.120. The Bertz CT molecular complexity index is 1420. The van der Waals surface area contributed by atoms with Crippen molar-refractivity contribution in [1.82, 2.24) is 14.9 Å². The van der Waals surface area contributed by atoms with Crippen LogP contribution < -0.4 is 11.1 Å². The molecule has 148 valence electrons. The van der Waals surface area contributed by atoms with Crippen molar-refractivity contribution in [2.24, 2.45) is 0 Å². The zero-order valence-electron chi connectivity index (χ0n) is 16.7. The van der Waals surface area contributed by atoms with Crippen LogP contribution in [0, 0.1) is 0 Å². The lowest BCUT2D eigenvalue weighted by molar-refractivity contribution is 0.0952. The molecule has 2 aromatic heterocycles. The van der Waals surface area contributed by atoms with Gasteiger partial charge in [-0.05, 0) is 47.5 Å². The minimum atomic E-state index is -0.0795. The lowest BCUT2D eigenvalue weighted by Crippen LogP contribution is -2.22. The lowest BCUT2D eigenvalue weighted by atomic mass is 10.0. The monoisotopic (exact) mass is 394 g/mol. The molecule has 5 heteroatoms. The topological polar surface area (TPSA) is 72.9 Å². The minimum absolute atomic E-state index is 0.0795. The molecule has 0 spiro atoms. The van der Waals surface area contributed by atoms with Gasteiger partial charge in [-0.2, -0.15) is 0 Å². The highest BCUT2D eigenvalue weighted by Gasteiger charge is 2.17. The summed E-state index contributed by atoms with van der Waals surface area (Å²) in [5.41, 5.74) is 9.39. The third kappa shape index (κ3) is 3.05. The van der Waals surface area contributed by atoms with E-state index >= 15 is 0 Å². The number of aromatic nitrogens is 2. The molecule has 0 fully saturated rings. The molecule has 5 aromatic rings. The molecule has 0 atom stereocenters. The molecule has 0 bridgehead atoms. The number of benzene rings is 3. The van der Waals surface area contributed by atoms with E-state index in [0.717, 1.165) is 44.7 Å². The first-order chi connectivity index (χ1) is 14.6. The molecule has 3 N–H and O–H groups in total. The molecular weight excluding hydrogens is 372 g/mol. The number of nitrogens with zero attached hydrogens (tertiary/aromatic N) is 2. The van der Waals surface area contributed by atoms with Crippen molar-refractivity contribution in [2.45, 2.75) is 20.0 Å². The molecule has 5 nitrogen and oxygen atoms in total. The second kappa shape index (κ2) is 7.19. The summed E-state index contributed by atoms with van der Waals surface area (Å²) in [6.45, 7) is 3.32. The Morgan fingerprint density at radius 2 is 1.83 bits per heavy atom. The maximum Gasteiger partial charge on any atom is 0.253 e. The molecule has 2 heterocycles. The smallest absolute Gasteiger partial charge is 0.253 e. The van der Waals surface area contributed by atoms with Gasteiger partial charge in [-0.1, -0.05) is 42.5 Å². The van der Waals surface area contributed by atoms with E-state index in [-0.39, 0.29) is 5.91 Å². The van der Waals surface area contributed by atoms with Crippen LogP contribution in [-0.2, 0) is 13.1 Å². The number of nitrogens with one attached hydrogen (secondary N) is 1. The van der Waals surface area contributed by atoms with Gasteiger partial charge in [0.15, 0.2) is 0 Å². The molecule has 0 unspecified atom stereocenters. The number of hydrogen-bond acceptors (Lipinski definition) is 3. The van der Waals surface area contributed by atoms with Gasteiger partial charge < -0.3 is 15.6 Å². The van der Waals surface area contributed by atoms with Crippen LogP contribution in [0.1, 0.15) is 22.8 Å². The molecule has 0 saturated heterocycles. The van der Waals surface area contributed by atoms with E-state index in [1.54, 1.807) is 6.07 Å². The van der Waals surface area contributed by atoms with Gasteiger partial charge in [0.05, 0.1) is 11.1 Å². The molecule has 3 aromatic carbocycles. The normalized spacial score (nSPS) is 11.4. The highest BCUT2D eigenvalue weighted by molar-refractivity contribution is 6.17. The predicted octanol–water partition coefficient (Wildman–Crippen LogP) is 4.87. The predicted molar refractivity (Wildman–Crippen MR) is 122 cm³/mol. The second-order valence-corrected chi connectivity index (χ2v) is 7.46. The number of nitrogens with two attached hydrogens (primary N) is 1. The van der Waals surface area contributed by atoms with Crippen LogP contribution in [0.3, 0.4) is 0 Å². The van der Waals surface area contributed by atoms with E-state index in [4.69, 9.17) is 5.73 Å². The Labute approximate surface area is 174 Å².